The normalized spacial score (nSPS) is 11.2. The number of hydrogen-bond donors (Lipinski definition) is 1. The Morgan fingerprint density at radius 1 is 1.18 bits per heavy atom. The summed E-state index contributed by atoms with van der Waals surface area (Å²) < 4.78 is 0. The number of halogens is 2. The van der Waals surface area contributed by atoms with Gasteiger partial charge in [0.15, 0.2) is 0 Å². The van der Waals surface area contributed by atoms with Crippen LogP contribution in [0.5, 0.6) is 0 Å². The number of nitrogens with two attached hydrogens (primary N) is 1. The average molecular weight is 291 g/mol. The molecule has 0 aliphatic carbocycles. The van der Waals surface area contributed by atoms with Crippen molar-refractivity contribution in [2.45, 2.75) is 19.9 Å². The minimum atomic E-state index is 0. The number of benzene rings is 1. The first-order valence-electron chi connectivity index (χ1n) is 4.95. The van der Waals surface area contributed by atoms with E-state index >= 15 is 0 Å². The summed E-state index contributed by atoms with van der Waals surface area (Å²) in [7, 11) is 0. The van der Waals surface area contributed by atoms with Gasteiger partial charge in [0.2, 0.25) is 0 Å². The van der Waals surface area contributed by atoms with Crippen LogP contribution in [0.15, 0.2) is 29.6 Å². The van der Waals surface area contributed by atoms with Crippen molar-refractivity contribution in [1.29, 1.82) is 0 Å². The van der Waals surface area contributed by atoms with E-state index in [0.29, 0.717) is 0 Å². The summed E-state index contributed by atoms with van der Waals surface area (Å²) in [4.78, 5) is 4.44. The van der Waals surface area contributed by atoms with Crippen LogP contribution in [0.25, 0.3) is 11.3 Å². The van der Waals surface area contributed by atoms with E-state index in [-0.39, 0.29) is 30.9 Å². The molecule has 2 aromatic rings. The quantitative estimate of drug-likeness (QED) is 0.909. The molecule has 1 aromatic heterocycles. The van der Waals surface area contributed by atoms with Gasteiger partial charge in [-0.05, 0) is 19.4 Å². The smallest absolute Gasteiger partial charge is 0.0901 e. The second-order valence-corrected chi connectivity index (χ2v) is 4.72. The molecule has 0 spiro atoms. The Bertz CT molecular complexity index is 452. The highest BCUT2D eigenvalue weighted by Gasteiger charge is 2.03. The van der Waals surface area contributed by atoms with E-state index in [1.54, 1.807) is 11.3 Å². The lowest BCUT2D eigenvalue weighted by atomic mass is 10.1. The van der Waals surface area contributed by atoms with Gasteiger partial charge in [-0.2, -0.15) is 0 Å². The molecule has 0 aliphatic heterocycles. The summed E-state index contributed by atoms with van der Waals surface area (Å²) in [5.41, 5.74) is 9.16. The zero-order valence-electron chi connectivity index (χ0n) is 9.71. The maximum atomic E-state index is 5.79. The Hall–Kier alpha value is -0.610. The third kappa shape index (κ3) is 3.96. The highest BCUT2D eigenvalue weighted by molar-refractivity contribution is 7.09. The molecule has 2 rings (SSSR count). The fourth-order valence-electron chi connectivity index (χ4n) is 1.45. The van der Waals surface area contributed by atoms with E-state index < -0.39 is 0 Å². The molecule has 1 atom stereocenters. The maximum absolute atomic E-state index is 5.79. The molecule has 0 fully saturated rings. The maximum Gasteiger partial charge on any atom is 0.0901 e. The van der Waals surface area contributed by atoms with Gasteiger partial charge in [-0.3, -0.25) is 0 Å². The first kappa shape index (κ1) is 16.4. The van der Waals surface area contributed by atoms with Gasteiger partial charge in [-0.15, -0.1) is 36.2 Å². The van der Waals surface area contributed by atoms with Crippen LogP contribution in [0.3, 0.4) is 0 Å². The lowest BCUT2D eigenvalue weighted by Gasteiger charge is -2.05. The lowest BCUT2D eigenvalue weighted by Crippen LogP contribution is -2.04. The molecule has 94 valence electrons. The first-order valence-corrected chi connectivity index (χ1v) is 5.83. The largest absolute Gasteiger partial charge is 0.324 e. The molecular weight excluding hydrogens is 275 g/mol. The topological polar surface area (TPSA) is 38.9 Å². The van der Waals surface area contributed by atoms with Crippen LogP contribution in [0, 0.1) is 6.92 Å². The van der Waals surface area contributed by atoms with Crippen LogP contribution < -0.4 is 5.73 Å². The Morgan fingerprint density at radius 3 is 2.18 bits per heavy atom. The number of rotatable bonds is 2. The summed E-state index contributed by atoms with van der Waals surface area (Å²) in [6.07, 6.45) is 0. The third-order valence-electron chi connectivity index (χ3n) is 2.35. The van der Waals surface area contributed by atoms with E-state index in [0.717, 1.165) is 21.8 Å². The van der Waals surface area contributed by atoms with Crippen molar-refractivity contribution in [1.82, 2.24) is 4.98 Å². The molecule has 0 saturated heterocycles. The molecule has 2 N–H and O–H groups in total. The van der Waals surface area contributed by atoms with Crippen LogP contribution in [0.2, 0.25) is 0 Å². The van der Waals surface area contributed by atoms with Crippen LogP contribution in [-0.4, -0.2) is 4.98 Å². The molecule has 0 amide bonds. The van der Waals surface area contributed by atoms with Gasteiger partial charge in [0.1, 0.15) is 0 Å². The zero-order chi connectivity index (χ0) is 10.8. The zero-order valence-corrected chi connectivity index (χ0v) is 12.2. The molecule has 0 aliphatic rings. The molecule has 1 unspecified atom stereocenters. The van der Waals surface area contributed by atoms with Gasteiger partial charge in [-0.1, -0.05) is 24.3 Å². The molecule has 2 nitrogen and oxygen atoms in total. The molecule has 0 saturated carbocycles. The van der Waals surface area contributed by atoms with Crippen molar-refractivity contribution in [3.8, 4) is 11.3 Å². The molecule has 0 radical (unpaired) electrons. The second-order valence-electron chi connectivity index (χ2n) is 3.66. The highest BCUT2D eigenvalue weighted by Crippen LogP contribution is 2.22. The van der Waals surface area contributed by atoms with Gasteiger partial charge >= 0.3 is 0 Å². The Kier molecular flexibility index (Phi) is 6.72. The van der Waals surface area contributed by atoms with Gasteiger partial charge in [0.25, 0.3) is 0 Å². The van der Waals surface area contributed by atoms with Crippen LogP contribution in [0.4, 0.5) is 0 Å². The SMILES string of the molecule is Cc1nc(-c2ccc(C(C)N)cc2)cs1.Cl.Cl. The van der Waals surface area contributed by atoms with Crippen LogP contribution in [-0.2, 0) is 0 Å². The fourth-order valence-corrected chi connectivity index (χ4v) is 2.08. The Labute approximate surface area is 118 Å². The van der Waals surface area contributed by atoms with Gasteiger partial charge < -0.3 is 5.73 Å². The number of aryl methyl sites for hydroxylation is 1. The minimum absolute atomic E-state index is 0. The van der Waals surface area contributed by atoms with Crippen molar-refractivity contribution >= 4 is 36.2 Å². The Morgan fingerprint density at radius 2 is 1.76 bits per heavy atom. The molecule has 1 aromatic carbocycles. The molecule has 17 heavy (non-hydrogen) atoms. The van der Waals surface area contributed by atoms with Gasteiger partial charge in [-0.25, -0.2) is 4.98 Å². The van der Waals surface area contributed by atoms with E-state index in [1.807, 2.05) is 13.8 Å². The second kappa shape index (κ2) is 6.97. The summed E-state index contributed by atoms with van der Waals surface area (Å²) in [6, 6.07) is 8.38. The predicted octanol–water partition coefficient (Wildman–Crippen LogP) is 3.98. The van der Waals surface area contributed by atoms with Crippen molar-refractivity contribution in [2.75, 3.05) is 0 Å². The molecule has 1 heterocycles. The minimum Gasteiger partial charge on any atom is -0.324 e. The van der Waals surface area contributed by atoms with Crippen molar-refractivity contribution in [3.05, 3.63) is 40.2 Å². The third-order valence-corrected chi connectivity index (χ3v) is 3.12. The summed E-state index contributed by atoms with van der Waals surface area (Å²) in [6.45, 7) is 4.01. The van der Waals surface area contributed by atoms with Crippen LogP contribution in [0.1, 0.15) is 23.5 Å². The fraction of sp³-hybridized carbons (Fsp3) is 0.250. The first-order chi connectivity index (χ1) is 7.16. The summed E-state index contributed by atoms with van der Waals surface area (Å²) in [5, 5.41) is 3.18. The van der Waals surface area contributed by atoms with Crippen LogP contribution >= 0.6 is 36.2 Å². The highest BCUT2D eigenvalue weighted by atomic mass is 35.5. The number of aromatic nitrogens is 1. The predicted molar refractivity (Wildman–Crippen MR) is 79.4 cm³/mol. The van der Waals surface area contributed by atoms with E-state index in [1.165, 1.54) is 0 Å². The average Bonchev–Trinajstić information content (AvgIpc) is 2.65. The van der Waals surface area contributed by atoms with E-state index in [2.05, 4.69) is 34.6 Å². The van der Waals surface area contributed by atoms with Crippen molar-refractivity contribution < 1.29 is 0 Å². The number of hydrogen-bond acceptors (Lipinski definition) is 3. The summed E-state index contributed by atoms with van der Waals surface area (Å²) >= 11 is 1.67. The molecule has 5 heteroatoms. The number of thiazole rings is 1. The molecular formula is C12H16Cl2N2S. The van der Waals surface area contributed by atoms with Gasteiger partial charge in [0.05, 0.1) is 10.7 Å². The van der Waals surface area contributed by atoms with E-state index in [4.69, 9.17) is 5.73 Å². The lowest BCUT2D eigenvalue weighted by molar-refractivity contribution is 0.818. The van der Waals surface area contributed by atoms with Crippen molar-refractivity contribution in [3.63, 3.8) is 0 Å². The molecule has 0 bridgehead atoms. The van der Waals surface area contributed by atoms with E-state index in [9.17, 15) is 0 Å². The van der Waals surface area contributed by atoms with Crippen molar-refractivity contribution in [2.24, 2.45) is 5.73 Å². The van der Waals surface area contributed by atoms with Gasteiger partial charge in [0, 0.05) is 17.0 Å². The monoisotopic (exact) mass is 290 g/mol. The standard InChI is InChI=1S/C12H14N2S.2ClH/c1-8(13)10-3-5-11(6-4-10)12-7-15-9(2)14-12;;/h3-8H,13H2,1-2H3;2*1H. The Balaban J connectivity index is 0.00000128. The number of nitrogens with zero attached hydrogens (tertiary/aromatic N) is 1. The summed E-state index contributed by atoms with van der Waals surface area (Å²) in [5.74, 6) is 0.